The van der Waals surface area contributed by atoms with E-state index in [0.29, 0.717) is 6.54 Å². The van der Waals surface area contributed by atoms with Gasteiger partial charge in [0.25, 0.3) is 5.91 Å². The number of carbonyl (C=O) groups excluding carboxylic acids is 1. The van der Waals surface area contributed by atoms with E-state index in [9.17, 15) is 4.79 Å². The van der Waals surface area contributed by atoms with Gasteiger partial charge in [0.2, 0.25) is 0 Å². The van der Waals surface area contributed by atoms with Crippen LogP contribution in [0, 0.1) is 5.92 Å². The lowest BCUT2D eigenvalue weighted by Crippen LogP contribution is -2.33. The molecule has 4 nitrogen and oxygen atoms in total. The molecule has 1 amide bonds. The standard InChI is InChI=1S/C26H36N2O2/c1-3-18-30-25-11-5-4-9-23(25)10-6-16-27-26(29)24-14-12-22(13-15-24)20-28-17-7-8-21(2)19-28/h4-5,9,11-15,21H,3,6-8,10,16-20H2,1-2H3,(H,27,29)/t21-/m0/s1. The number of ether oxygens (including phenoxy) is 1. The lowest BCUT2D eigenvalue weighted by atomic mass is 9.99. The second-order valence-electron chi connectivity index (χ2n) is 8.50. The molecule has 1 atom stereocenters. The molecule has 3 rings (SSSR count). The summed E-state index contributed by atoms with van der Waals surface area (Å²) >= 11 is 0. The van der Waals surface area contributed by atoms with Crippen LogP contribution in [0.15, 0.2) is 48.5 Å². The number of aryl methyl sites for hydroxylation is 1. The van der Waals surface area contributed by atoms with E-state index in [0.717, 1.165) is 49.6 Å². The number of likely N-dealkylation sites (tertiary alicyclic amines) is 1. The Morgan fingerprint density at radius 1 is 1.17 bits per heavy atom. The zero-order chi connectivity index (χ0) is 21.2. The molecule has 0 saturated carbocycles. The highest BCUT2D eigenvalue weighted by molar-refractivity contribution is 5.94. The normalized spacial score (nSPS) is 16.9. The van der Waals surface area contributed by atoms with Crippen molar-refractivity contribution in [3.63, 3.8) is 0 Å². The topological polar surface area (TPSA) is 41.6 Å². The van der Waals surface area contributed by atoms with Crippen molar-refractivity contribution in [1.29, 1.82) is 0 Å². The van der Waals surface area contributed by atoms with Crippen molar-refractivity contribution >= 4 is 5.91 Å². The molecule has 0 radical (unpaired) electrons. The average Bonchev–Trinajstić information content (AvgIpc) is 2.76. The Balaban J connectivity index is 1.42. The number of benzene rings is 2. The van der Waals surface area contributed by atoms with Gasteiger partial charge in [0.05, 0.1) is 6.61 Å². The van der Waals surface area contributed by atoms with Gasteiger partial charge in [-0.05, 0) is 73.9 Å². The largest absolute Gasteiger partial charge is 0.493 e. The smallest absolute Gasteiger partial charge is 0.251 e. The molecular weight excluding hydrogens is 372 g/mol. The van der Waals surface area contributed by atoms with Crippen molar-refractivity contribution in [2.24, 2.45) is 5.92 Å². The molecule has 0 aliphatic carbocycles. The van der Waals surface area contributed by atoms with Gasteiger partial charge in [-0.15, -0.1) is 0 Å². The first kappa shape index (κ1) is 22.4. The van der Waals surface area contributed by atoms with Crippen LogP contribution >= 0.6 is 0 Å². The highest BCUT2D eigenvalue weighted by Crippen LogP contribution is 2.20. The summed E-state index contributed by atoms with van der Waals surface area (Å²) in [5.74, 6) is 1.75. The minimum atomic E-state index is 0.00339. The highest BCUT2D eigenvalue weighted by atomic mass is 16.5. The van der Waals surface area contributed by atoms with Crippen LogP contribution in [0.2, 0.25) is 0 Å². The summed E-state index contributed by atoms with van der Waals surface area (Å²) in [6, 6.07) is 16.3. The molecular formula is C26H36N2O2. The van der Waals surface area contributed by atoms with Crippen molar-refractivity contribution in [2.45, 2.75) is 52.5 Å². The second kappa shape index (κ2) is 11.8. The highest BCUT2D eigenvalue weighted by Gasteiger charge is 2.16. The molecule has 1 N–H and O–H groups in total. The summed E-state index contributed by atoms with van der Waals surface area (Å²) in [6.07, 6.45) is 5.42. The van der Waals surface area contributed by atoms with Crippen molar-refractivity contribution < 1.29 is 9.53 Å². The molecule has 4 heteroatoms. The minimum absolute atomic E-state index is 0.00339. The molecule has 1 heterocycles. The van der Waals surface area contributed by atoms with E-state index in [-0.39, 0.29) is 5.91 Å². The van der Waals surface area contributed by atoms with Crippen molar-refractivity contribution in [2.75, 3.05) is 26.2 Å². The summed E-state index contributed by atoms with van der Waals surface area (Å²) in [5, 5.41) is 3.05. The van der Waals surface area contributed by atoms with Crippen LogP contribution < -0.4 is 10.1 Å². The van der Waals surface area contributed by atoms with Crippen LogP contribution in [0.4, 0.5) is 0 Å². The summed E-state index contributed by atoms with van der Waals surface area (Å²) in [4.78, 5) is 15.0. The molecule has 1 saturated heterocycles. The van der Waals surface area contributed by atoms with E-state index < -0.39 is 0 Å². The molecule has 1 aliphatic rings. The van der Waals surface area contributed by atoms with Gasteiger partial charge in [0, 0.05) is 25.2 Å². The van der Waals surface area contributed by atoms with Crippen LogP contribution in [-0.2, 0) is 13.0 Å². The number of nitrogens with zero attached hydrogens (tertiary/aromatic N) is 1. The van der Waals surface area contributed by atoms with Gasteiger partial charge in [0.1, 0.15) is 5.75 Å². The van der Waals surface area contributed by atoms with Crippen molar-refractivity contribution in [3.8, 4) is 5.75 Å². The predicted molar refractivity (Wildman–Crippen MR) is 123 cm³/mol. The lowest BCUT2D eigenvalue weighted by Gasteiger charge is -2.30. The Morgan fingerprint density at radius 3 is 2.73 bits per heavy atom. The Bertz CT molecular complexity index is 788. The van der Waals surface area contributed by atoms with E-state index in [1.165, 1.54) is 37.1 Å². The number of hydrogen-bond donors (Lipinski definition) is 1. The summed E-state index contributed by atoms with van der Waals surface area (Å²) < 4.78 is 5.81. The van der Waals surface area contributed by atoms with Gasteiger partial charge in [-0.3, -0.25) is 9.69 Å². The molecule has 162 valence electrons. The molecule has 1 fully saturated rings. The van der Waals surface area contributed by atoms with Crippen LogP contribution in [0.5, 0.6) is 5.75 Å². The number of carbonyl (C=O) groups is 1. The molecule has 1 aliphatic heterocycles. The van der Waals surface area contributed by atoms with Crippen LogP contribution in [0.25, 0.3) is 0 Å². The molecule has 0 bridgehead atoms. The maximum Gasteiger partial charge on any atom is 0.251 e. The van der Waals surface area contributed by atoms with Crippen LogP contribution in [0.1, 0.15) is 61.0 Å². The molecule has 2 aromatic carbocycles. The molecule has 0 unspecified atom stereocenters. The first-order chi connectivity index (χ1) is 14.7. The van der Waals surface area contributed by atoms with Gasteiger partial charge in [-0.25, -0.2) is 0 Å². The van der Waals surface area contributed by atoms with E-state index in [1.807, 2.05) is 30.3 Å². The fourth-order valence-electron chi connectivity index (χ4n) is 4.10. The number of para-hydroxylation sites is 1. The SMILES string of the molecule is CCCOc1ccccc1CCCNC(=O)c1ccc(CN2CCC[C@H](C)C2)cc1. The van der Waals surface area contributed by atoms with Crippen LogP contribution in [0.3, 0.4) is 0 Å². The van der Waals surface area contributed by atoms with E-state index in [2.05, 4.69) is 42.3 Å². The number of hydrogen-bond acceptors (Lipinski definition) is 3. The summed E-state index contributed by atoms with van der Waals surface area (Å²) in [6.45, 7) is 9.17. The Morgan fingerprint density at radius 2 is 1.97 bits per heavy atom. The third kappa shape index (κ3) is 6.88. The van der Waals surface area contributed by atoms with E-state index in [4.69, 9.17) is 4.74 Å². The average molecular weight is 409 g/mol. The zero-order valence-corrected chi connectivity index (χ0v) is 18.5. The molecule has 0 aromatic heterocycles. The van der Waals surface area contributed by atoms with Crippen molar-refractivity contribution in [3.05, 3.63) is 65.2 Å². The van der Waals surface area contributed by atoms with Crippen molar-refractivity contribution in [1.82, 2.24) is 10.2 Å². The lowest BCUT2D eigenvalue weighted by molar-refractivity contribution is 0.0953. The van der Waals surface area contributed by atoms with E-state index in [1.54, 1.807) is 0 Å². The monoisotopic (exact) mass is 408 g/mol. The predicted octanol–water partition coefficient (Wildman–Crippen LogP) is 5.07. The molecule has 0 spiro atoms. The number of nitrogens with one attached hydrogen (secondary N) is 1. The van der Waals surface area contributed by atoms with Crippen LogP contribution in [-0.4, -0.2) is 37.0 Å². The Kier molecular flexibility index (Phi) is 8.76. The first-order valence-electron chi connectivity index (χ1n) is 11.5. The molecule has 30 heavy (non-hydrogen) atoms. The quantitative estimate of drug-likeness (QED) is 0.558. The third-order valence-corrected chi connectivity index (χ3v) is 5.71. The van der Waals surface area contributed by atoms with Gasteiger partial charge in [-0.2, -0.15) is 0 Å². The van der Waals surface area contributed by atoms with Gasteiger partial charge in [-0.1, -0.05) is 44.2 Å². The fourth-order valence-corrected chi connectivity index (χ4v) is 4.10. The van der Waals surface area contributed by atoms with Gasteiger partial charge >= 0.3 is 0 Å². The first-order valence-corrected chi connectivity index (χ1v) is 11.5. The number of piperidine rings is 1. The van der Waals surface area contributed by atoms with Gasteiger partial charge < -0.3 is 10.1 Å². The van der Waals surface area contributed by atoms with E-state index >= 15 is 0 Å². The number of amides is 1. The summed E-state index contributed by atoms with van der Waals surface area (Å²) in [7, 11) is 0. The second-order valence-corrected chi connectivity index (χ2v) is 8.50. The third-order valence-electron chi connectivity index (χ3n) is 5.71. The number of rotatable bonds is 10. The minimum Gasteiger partial charge on any atom is -0.493 e. The molecule has 2 aromatic rings. The Hall–Kier alpha value is -2.33. The summed E-state index contributed by atoms with van der Waals surface area (Å²) in [5.41, 5.74) is 3.22. The Labute approximate surface area is 181 Å². The maximum absolute atomic E-state index is 12.5. The zero-order valence-electron chi connectivity index (χ0n) is 18.5. The van der Waals surface area contributed by atoms with Gasteiger partial charge in [0.15, 0.2) is 0 Å². The fraction of sp³-hybridized carbons (Fsp3) is 0.500. The maximum atomic E-state index is 12.5.